The number of halogens is 1. The van der Waals surface area contributed by atoms with Crippen molar-refractivity contribution in [3.63, 3.8) is 0 Å². The van der Waals surface area contributed by atoms with Crippen molar-refractivity contribution in [2.75, 3.05) is 12.4 Å². The van der Waals surface area contributed by atoms with Crippen molar-refractivity contribution in [1.82, 2.24) is 10.6 Å². The number of piperidine rings is 1. The Hall–Kier alpha value is -1.30. The van der Waals surface area contributed by atoms with E-state index in [0.29, 0.717) is 13.0 Å². The van der Waals surface area contributed by atoms with E-state index >= 15 is 0 Å². The molecule has 1 aliphatic rings. The molecule has 2 amide bonds. The number of amides is 2. The van der Waals surface area contributed by atoms with Gasteiger partial charge in [-0.25, -0.2) is 4.79 Å². The van der Waals surface area contributed by atoms with E-state index in [9.17, 15) is 14.4 Å². The number of Topliss-reactive ketones (excluding diaryl/α,β-unsaturated/α-hetero) is 1. The number of alkyl carbamates (subject to hydrolysis) is 1. The minimum atomic E-state index is -0.800. The Labute approximate surface area is 129 Å². The SMILES string of the molecule is CC(C)(C)OC(=O)N[C@@H](C[C@@H]1CCCNC1=O)C(=O)CCl. The van der Waals surface area contributed by atoms with Gasteiger partial charge in [-0.2, -0.15) is 0 Å². The largest absolute Gasteiger partial charge is 0.444 e. The molecule has 0 unspecified atom stereocenters. The molecule has 0 spiro atoms. The van der Waals surface area contributed by atoms with Crippen molar-refractivity contribution >= 4 is 29.4 Å². The molecule has 1 saturated heterocycles. The van der Waals surface area contributed by atoms with Crippen molar-refractivity contribution < 1.29 is 19.1 Å². The minimum Gasteiger partial charge on any atom is -0.444 e. The normalized spacial score (nSPS) is 20.4. The van der Waals surface area contributed by atoms with Gasteiger partial charge in [0.05, 0.1) is 11.9 Å². The zero-order chi connectivity index (χ0) is 16.0. The lowest BCUT2D eigenvalue weighted by Crippen LogP contribution is -2.47. The van der Waals surface area contributed by atoms with E-state index in [4.69, 9.17) is 16.3 Å². The molecule has 120 valence electrons. The fraction of sp³-hybridized carbons (Fsp3) is 0.786. The number of hydrogen-bond acceptors (Lipinski definition) is 4. The molecule has 7 heteroatoms. The third-order valence-electron chi connectivity index (χ3n) is 3.13. The first kappa shape index (κ1) is 17.8. The lowest BCUT2D eigenvalue weighted by molar-refractivity contribution is -0.127. The summed E-state index contributed by atoms with van der Waals surface area (Å²) >= 11 is 5.58. The highest BCUT2D eigenvalue weighted by Gasteiger charge is 2.30. The number of ether oxygens (including phenoxy) is 1. The van der Waals surface area contributed by atoms with Gasteiger partial charge < -0.3 is 15.4 Å². The number of nitrogens with one attached hydrogen (secondary N) is 2. The molecule has 1 rings (SSSR count). The maximum absolute atomic E-state index is 11.9. The highest BCUT2D eigenvalue weighted by atomic mass is 35.5. The van der Waals surface area contributed by atoms with Crippen LogP contribution in [0.25, 0.3) is 0 Å². The van der Waals surface area contributed by atoms with Crippen molar-refractivity contribution in [1.29, 1.82) is 0 Å². The summed E-state index contributed by atoms with van der Waals surface area (Å²) in [6.45, 7) is 5.86. The third-order valence-corrected chi connectivity index (χ3v) is 3.39. The second kappa shape index (κ2) is 7.64. The molecular weight excluding hydrogens is 296 g/mol. The van der Waals surface area contributed by atoms with Crippen LogP contribution in [0.15, 0.2) is 0 Å². The summed E-state index contributed by atoms with van der Waals surface area (Å²) in [6, 6.07) is -0.800. The topological polar surface area (TPSA) is 84.5 Å². The molecule has 0 aromatic carbocycles. The molecule has 1 fully saturated rings. The van der Waals surface area contributed by atoms with E-state index < -0.39 is 17.7 Å². The van der Waals surface area contributed by atoms with E-state index in [1.807, 2.05) is 0 Å². The Kier molecular flexibility index (Phi) is 6.45. The van der Waals surface area contributed by atoms with Crippen LogP contribution in [-0.4, -0.2) is 41.9 Å². The molecule has 21 heavy (non-hydrogen) atoms. The van der Waals surface area contributed by atoms with Gasteiger partial charge in [0.15, 0.2) is 5.78 Å². The maximum atomic E-state index is 11.9. The lowest BCUT2D eigenvalue weighted by Gasteiger charge is -2.27. The zero-order valence-corrected chi connectivity index (χ0v) is 13.5. The maximum Gasteiger partial charge on any atom is 0.408 e. The first-order valence-corrected chi connectivity index (χ1v) is 7.62. The standard InChI is InChI=1S/C14H23ClN2O4/c1-14(2,3)21-13(20)17-10(11(18)8-15)7-9-5-4-6-16-12(9)19/h9-10H,4-8H2,1-3H3,(H,16,19)(H,17,20)/t9-,10-/m0/s1. The number of carbonyl (C=O) groups excluding carboxylic acids is 3. The average Bonchev–Trinajstić information content (AvgIpc) is 2.37. The number of alkyl halides is 1. The van der Waals surface area contributed by atoms with E-state index in [-0.39, 0.29) is 29.9 Å². The molecule has 1 heterocycles. The van der Waals surface area contributed by atoms with Gasteiger partial charge in [-0.15, -0.1) is 11.6 Å². The van der Waals surface area contributed by atoms with Crippen molar-refractivity contribution in [3.05, 3.63) is 0 Å². The summed E-state index contributed by atoms with van der Waals surface area (Å²) in [6.07, 6.45) is 1.14. The first-order valence-electron chi connectivity index (χ1n) is 7.09. The van der Waals surface area contributed by atoms with Gasteiger partial charge in [-0.05, 0) is 40.0 Å². The van der Waals surface area contributed by atoms with Crippen molar-refractivity contribution in [2.45, 2.75) is 51.7 Å². The summed E-state index contributed by atoms with van der Waals surface area (Å²) < 4.78 is 5.13. The quantitative estimate of drug-likeness (QED) is 0.754. The molecule has 6 nitrogen and oxygen atoms in total. The van der Waals surface area contributed by atoms with Gasteiger partial charge in [0.2, 0.25) is 5.91 Å². The predicted molar refractivity (Wildman–Crippen MR) is 79.2 cm³/mol. The Morgan fingerprint density at radius 1 is 1.48 bits per heavy atom. The fourth-order valence-electron chi connectivity index (χ4n) is 2.16. The monoisotopic (exact) mass is 318 g/mol. The van der Waals surface area contributed by atoms with Crippen LogP contribution < -0.4 is 10.6 Å². The molecule has 1 aliphatic heterocycles. The van der Waals surface area contributed by atoms with Gasteiger partial charge in [0.25, 0.3) is 0 Å². The van der Waals surface area contributed by atoms with E-state index in [1.54, 1.807) is 20.8 Å². The second-order valence-corrected chi connectivity index (χ2v) is 6.43. The Morgan fingerprint density at radius 3 is 2.67 bits per heavy atom. The van der Waals surface area contributed by atoms with Crippen LogP contribution in [0.2, 0.25) is 0 Å². The minimum absolute atomic E-state index is 0.0837. The van der Waals surface area contributed by atoms with Crippen LogP contribution in [0.4, 0.5) is 4.79 Å². The van der Waals surface area contributed by atoms with Gasteiger partial charge in [0.1, 0.15) is 5.60 Å². The summed E-state index contributed by atoms with van der Waals surface area (Å²) in [4.78, 5) is 35.4. The predicted octanol–water partition coefficient (Wildman–Crippen LogP) is 1.60. The molecule has 0 saturated carbocycles. The second-order valence-electron chi connectivity index (χ2n) is 6.16. The number of rotatable bonds is 5. The smallest absolute Gasteiger partial charge is 0.408 e. The van der Waals surface area contributed by atoms with Crippen LogP contribution in [0.3, 0.4) is 0 Å². The lowest BCUT2D eigenvalue weighted by atomic mass is 9.90. The van der Waals surface area contributed by atoms with E-state index in [1.165, 1.54) is 0 Å². The number of carbonyl (C=O) groups is 3. The Morgan fingerprint density at radius 2 is 2.14 bits per heavy atom. The van der Waals surface area contributed by atoms with E-state index in [2.05, 4.69) is 10.6 Å². The molecule has 0 radical (unpaired) electrons. The van der Waals surface area contributed by atoms with Gasteiger partial charge in [-0.1, -0.05) is 0 Å². The molecule has 0 aliphatic carbocycles. The Balaban J connectivity index is 2.65. The van der Waals surface area contributed by atoms with Crippen molar-refractivity contribution in [3.8, 4) is 0 Å². The molecule has 0 bridgehead atoms. The van der Waals surface area contributed by atoms with Gasteiger partial charge in [0, 0.05) is 12.5 Å². The van der Waals surface area contributed by atoms with Crippen LogP contribution >= 0.6 is 11.6 Å². The summed E-state index contributed by atoms with van der Waals surface area (Å²) in [5.41, 5.74) is -0.652. The third kappa shape index (κ3) is 6.33. The summed E-state index contributed by atoms with van der Waals surface area (Å²) in [7, 11) is 0. The zero-order valence-electron chi connectivity index (χ0n) is 12.7. The van der Waals surface area contributed by atoms with Crippen LogP contribution in [0, 0.1) is 5.92 Å². The fourth-order valence-corrected chi connectivity index (χ4v) is 2.34. The molecular formula is C14H23ClN2O4. The van der Waals surface area contributed by atoms with Crippen molar-refractivity contribution in [2.24, 2.45) is 5.92 Å². The first-order chi connectivity index (χ1) is 9.73. The van der Waals surface area contributed by atoms with Crippen LogP contribution in [-0.2, 0) is 14.3 Å². The molecule has 0 aromatic heterocycles. The Bertz CT molecular complexity index is 406. The average molecular weight is 319 g/mol. The van der Waals surface area contributed by atoms with Gasteiger partial charge in [-0.3, -0.25) is 9.59 Å². The molecule has 2 N–H and O–H groups in total. The summed E-state index contributed by atoms with van der Waals surface area (Å²) in [5, 5.41) is 5.28. The van der Waals surface area contributed by atoms with Crippen LogP contribution in [0.5, 0.6) is 0 Å². The van der Waals surface area contributed by atoms with Gasteiger partial charge >= 0.3 is 6.09 Å². The van der Waals surface area contributed by atoms with Crippen LogP contribution in [0.1, 0.15) is 40.0 Å². The highest BCUT2D eigenvalue weighted by Crippen LogP contribution is 2.18. The molecule has 2 atom stereocenters. The number of ketones is 1. The summed E-state index contributed by atoms with van der Waals surface area (Å²) in [5.74, 6) is -0.902. The highest BCUT2D eigenvalue weighted by molar-refractivity contribution is 6.28. The number of hydrogen-bond donors (Lipinski definition) is 2. The molecule has 0 aromatic rings. The van der Waals surface area contributed by atoms with E-state index in [0.717, 1.165) is 6.42 Å².